The first kappa shape index (κ1) is 26.4. The molecule has 0 atom stereocenters. The summed E-state index contributed by atoms with van der Waals surface area (Å²) < 4.78 is 0. The quantitative estimate of drug-likeness (QED) is 0.494. The summed E-state index contributed by atoms with van der Waals surface area (Å²) in [5.74, 6) is 0.799. The molecular weight excluding hydrogens is 336 g/mol. The molecule has 0 aliphatic heterocycles. The molecule has 0 fully saturated rings. The van der Waals surface area contributed by atoms with Crippen molar-refractivity contribution in [3.63, 3.8) is 0 Å². The van der Waals surface area contributed by atoms with E-state index in [0.29, 0.717) is 0 Å². The van der Waals surface area contributed by atoms with Gasteiger partial charge in [-0.1, -0.05) is 105 Å². The van der Waals surface area contributed by atoms with Crippen molar-refractivity contribution in [3.8, 4) is 0 Å². The second-order valence-electron chi connectivity index (χ2n) is 6.96. The number of aryl methyl sites for hydroxylation is 2. The Kier molecular flexibility index (Phi) is 14.5. The molecule has 2 aromatic carbocycles. The first-order chi connectivity index (χ1) is 13.7. The number of hydrogen-bond acceptors (Lipinski definition) is 0. The van der Waals surface area contributed by atoms with Gasteiger partial charge in [0.2, 0.25) is 0 Å². The Labute approximate surface area is 175 Å². The molecule has 0 N–H and O–H groups in total. The molecule has 0 nitrogen and oxygen atoms in total. The van der Waals surface area contributed by atoms with Crippen LogP contribution in [0.1, 0.15) is 99.1 Å². The van der Waals surface area contributed by atoms with Gasteiger partial charge in [0.05, 0.1) is 0 Å². The fraction of sp³-hybridized carbons (Fsp3) is 0.571. The fourth-order valence-corrected chi connectivity index (χ4v) is 3.88. The molecule has 0 heteroatoms. The van der Waals surface area contributed by atoms with E-state index in [4.69, 9.17) is 0 Å². The van der Waals surface area contributed by atoms with E-state index in [1.807, 2.05) is 41.5 Å². The topological polar surface area (TPSA) is 0 Å². The molecule has 0 amide bonds. The van der Waals surface area contributed by atoms with Crippen LogP contribution in [0.2, 0.25) is 0 Å². The summed E-state index contributed by atoms with van der Waals surface area (Å²) in [6.45, 7) is 18.9. The van der Waals surface area contributed by atoms with Crippen LogP contribution in [0.25, 0.3) is 22.9 Å². The second-order valence-corrected chi connectivity index (χ2v) is 6.96. The van der Waals surface area contributed by atoms with Crippen LogP contribution >= 0.6 is 0 Å². The SMILES string of the molecule is CC.CC.CC.CCc1c2c(c(CCCC(C)C)c3ccccc13)=CCCC=2. The van der Waals surface area contributed by atoms with E-state index in [-0.39, 0.29) is 0 Å². The molecule has 0 saturated heterocycles. The Bertz CT molecular complexity index is 778. The van der Waals surface area contributed by atoms with Gasteiger partial charge in [-0.2, -0.15) is 0 Å². The summed E-state index contributed by atoms with van der Waals surface area (Å²) in [5, 5.41) is 6.06. The predicted molar refractivity (Wildman–Crippen MR) is 133 cm³/mol. The van der Waals surface area contributed by atoms with E-state index in [0.717, 1.165) is 12.3 Å². The Balaban J connectivity index is 0.00000111. The van der Waals surface area contributed by atoms with Gasteiger partial charge in [-0.15, -0.1) is 0 Å². The van der Waals surface area contributed by atoms with Crippen LogP contribution in [0.3, 0.4) is 0 Å². The van der Waals surface area contributed by atoms with Crippen molar-refractivity contribution >= 4 is 22.9 Å². The molecule has 0 heterocycles. The molecular formula is C28H46. The van der Waals surface area contributed by atoms with Crippen LogP contribution in [0.5, 0.6) is 0 Å². The third-order valence-electron chi connectivity index (χ3n) is 4.94. The zero-order chi connectivity index (χ0) is 21.5. The minimum atomic E-state index is 0.799. The van der Waals surface area contributed by atoms with Gasteiger partial charge in [-0.25, -0.2) is 0 Å². The largest absolute Gasteiger partial charge is 0.0761 e. The van der Waals surface area contributed by atoms with Gasteiger partial charge in [0.1, 0.15) is 0 Å². The highest BCUT2D eigenvalue weighted by atomic mass is 14.2. The molecule has 28 heavy (non-hydrogen) atoms. The maximum Gasteiger partial charge on any atom is -0.0143 e. The highest BCUT2D eigenvalue weighted by Crippen LogP contribution is 2.21. The standard InChI is InChI=1S/C22H28.3C2H6/c1-4-17-18-11-5-7-13-20(18)22(15-9-10-16(2)3)21-14-8-6-12-19(17)21;3*1-2/h5,7,11-14,16H,4,6,8-10,15H2,1-3H3;3*1-2H3. The van der Waals surface area contributed by atoms with Gasteiger partial charge >= 0.3 is 0 Å². The third kappa shape index (κ3) is 6.80. The van der Waals surface area contributed by atoms with Crippen LogP contribution < -0.4 is 10.4 Å². The van der Waals surface area contributed by atoms with Crippen molar-refractivity contribution in [1.82, 2.24) is 0 Å². The summed E-state index contributed by atoms with van der Waals surface area (Å²) in [6.07, 6.45) is 12.3. The van der Waals surface area contributed by atoms with Crippen molar-refractivity contribution in [2.45, 2.75) is 101 Å². The Morgan fingerprint density at radius 2 is 1.21 bits per heavy atom. The van der Waals surface area contributed by atoms with E-state index in [1.165, 1.54) is 48.1 Å². The van der Waals surface area contributed by atoms with Gasteiger partial charge in [-0.05, 0) is 70.4 Å². The lowest BCUT2D eigenvalue weighted by Gasteiger charge is -2.16. The molecule has 1 aliphatic rings. The molecule has 158 valence electrons. The van der Waals surface area contributed by atoms with E-state index in [9.17, 15) is 0 Å². The summed E-state index contributed by atoms with van der Waals surface area (Å²) in [7, 11) is 0. The second kappa shape index (κ2) is 15.4. The molecule has 0 unspecified atom stereocenters. The summed E-state index contributed by atoms with van der Waals surface area (Å²) in [6, 6.07) is 9.05. The van der Waals surface area contributed by atoms with E-state index < -0.39 is 0 Å². The third-order valence-corrected chi connectivity index (χ3v) is 4.94. The zero-order valence-corrected chi connectivity index (χ0v) is 20.3. The van der Waals surface area contributed by atoms with Gasteiger partial charge in [-0.3, -0.25) is 0 Å². The van der Waals surface area contributed by atoms with Gasteiger partial charge < -0.3 is 0 Å². The van der Waals surface area contributed by atoms with Gasteiger partial charge in [0.15, 0.2) is 0 Å². The van der Waals surface area contributed by atoms with Crippen molar-refractivity contribution in [1.29, 1.82) is 0 Å². The van der Waals surface area contributed by atoms with E-state index in [1.54, 1.807) is 16.3 Å². The van der Waals surface area contributed by atoms with Crippen molar-refractivity contribution in [2.75, 3.05) is 0 Å². The van der Waals surface area contributed by atoms with Crippen LogP contribution in [0, 0.1) is 5.92 Å². The fourth-order valence-electron chi connectivity index (χ4n) is 3.88. The lowest BCUT2D eigenvalue weighted by Crippen LogP contribution is -2.34. The maximum absolute atomic E-state index is 2.49. The lowest BCUT2D eigenvalue weighted by atomic mass is 9.88. The molecule has 0 saturated carbocycles. The highest BCUT2D eigenvalue weighted by Gasteiger charge is 2.11. The lowest BCUT2D eigenvalue weighted by molar-refractivity contribution is 0.556. The number of rotatable bonds is 5. The van der Waals surface area contributed by atoms with E-state index >= 15 is 0 Å². The average molecular weight is 383 g/mol. The summed E-state index contributed by atoms with van der Waals surface area (Å²) >= 11 is 0. The van der Waals surface area contributed by atoms with Crippen molar-refractivity contribution in [2.24, 2.45) is 5.92 Å². The minimum Gasteiger partial charge on any atom is -0.0761 e. The Morgan fingerprint density at radius 3 is 1.68 bits per heavy atom. The first-order valence-corrected chi connectivity index (χ1v) is 11.9. The van der Waals surface area contributed by atoms with Crippen molar-refractivity contribution < 1.29 is 0 Å². The van der Waals surface area contributed by atoms with Crippen LogP contribution in [0.4, 0.5) is 0 Å². The summed E-state index contributed by atoms with van der Waals surface area (Å²) in [4.78, 5) is 0. The molecule has 3 rings (SSSR count). The van der Waals surface area contributed by atoms with Crippen LogP contribution in [-0.4, -0.2) is 0 Å². The predicted octanol–water partition coefficient (Wildman–Crippen LogP) is 7.81. The molecule has 0 radical (unpaired) electrons. The first-order valence-electron chi connectivity index (χ1n) is 11.9. The average Bonchev–Trinajstić information content (AvgIpc) is 2.77. The van der Waals surface area contributed by atoms with Crippen molar-refractivity contribution in [3.05, 3.63) is 45.8 Å². The highest BCUT2D eigenvalue weighted by molar-refractivity contribution is 5.89. The smallest absolute Gasteiger partial charge is 0.0143 e. The van der Waals surface area contributed by atoms with Crippen LogP contribution in [0.15, 0.2) is 24.3 Å². The Hall–Kier alpha value is -1.56. The zero-order valence-electron chi connectivity index (χ0n) is 20.3. The van der Waals surface area contributed by atoms with Crippen LogP contribution in [-0.2, 0) is 12.8 Å². The normalized spacial score (nSPS) is 11.5. The maximum atomic E-state index is 2.49. The number of benzene rings is 2. The van der Waals surface area contributed by atoms with Gasteiger partial charge in [0, 0.05) is 0 Å². The monoisotopic (exact) mass is 382 g/mol. The van der Waals surface area contributed by atoms with E-state index in [2.05, 4.69) is 57.2 Å². The molecule has 0 spiro atoms. The minimum absolute atomic E-state index is 0.799. The molecule has 2 aromatic rings. The number of hydrogen-bond donors (Lipinski definition) is 0. The van der Waals surface area contributed by atoms with Gasteiger partial charge in [0.25, 0.3) is 0 Å². The Morgan fingerprint density at radius 1 is 0.750 bits per heavy atom. The summed E-state index contributed by atoms with van der Waals surface area (Å²) in [5.41, 5.74) is 3.15. The molecule has 1 aliphatic carbocycles. The molecule has 0 aromatic heterocycles. The number of fused-ring (bicyclic) bond motifs is 2. The molecule has 0 bridgehead atoms.